The van der Waals surface area contributed by atoms with Crippen molar-refractivity contribution in [1.29, 1.82) is 0 Å². The van der Waals surface area contributed by atoms with Gasteiger partial charge >= 0.3 is 0 Å². The Hall–Kier alpha value is -1.78. The predicted octanol–water partition coefficient (Wildman–Crippen LogP) is 3.89. The summed E-state index contributed by atoms with van der Waals surface area (Å²) in [5.74, 6) is 0.874. The lowest BCUT2D eigenvalue weighted by Crippen LogP contribution is -2.04. The van der Waals surface area contributed by atoms with Gasteiger partial charge in [0.15, 0.2) is 0 Å². The average Bonchev–Trinajstić information content (AvgIpc) is 2.83. The summed E-state index contributed by atoms with van der Waals surface area (Å²) in [6, 6.07) is 16.9. The van der Waals surface area contributed by atoms with Crippen LogP contribution in [0.3, 0.4) is 0 Å². The highest BCUT2D eigenvalue weighted by molar-refractivity contribution is 7.98. The Morgan fingerprint density at radius 3 is 2.57 bits per heavy atom. The third kappa shape index (κ3) is 2.96. The number of rotatable bonds is 4. The van der Waals surface area contributed by atoms with Gasteiger partial charge in [-0.15, -0.1) is 11.8 Å². The molecule has 0 aliphatic rings. The molecule has 3 nitrogen and oxygen atoms in total. The quantitative estimate of drug-likeness (QED) is 0.743. The number of aryl methyl sites for hydroxylation is 1. The Kier molecular flexibility index (Phi) is 3.99. The molecular formula is C17H19N3S. The molecule has 4 heteroatoms. The van der Waals surface area contributed by atoms with E-state index in [1.165, 1.54) is 21.4 Å². The van der Waals surface area contributed by atoms with Crippen molar-refractivity contribution in [2.24, 2.45) is 12.8 Å². The van der Waals surface area contributed by atoms with E-state index < -0.39 is 0 Å². The Balaban J connectivity index is 1.77. The molecule has 0 saturated heterocycles. The summed E-state index contributed by atoms with van der Waals surface area (Å²) in [4.78, 5) is 1.24. The highest BCUT2D eigenvalue weighted by atomic mass is 32.2. The van der Waals surface area contributed by atoms with Gasteiger partial charge in [-0.3, -0.25) is 4.68 Å². The number of hydrogen-bond donors (Lipinski definition) is 1. The molecule has 21 heavy (non-hydrogen) atoms. The minimum Gasteiger partial charge on any atom is -0.324 e. The van der Waals surface area contributed by atoms with E-state index in [1.54, 1.807) is 11.8 Å². The lowest BCUT2D eigenvalue weighted by Gasteiger charge is -2.06. The summed E-state index contributed by atoms with van der Waals surface area (Å²) in [5, 5.41) is 5.86. The number of para-hydroxylation sites is 1. The Labute approximate surface area is 129 Å². The molecule has 0 amide bonds. The first-order chi connectivity index (χ1) is 10.1. The average molecular weight is 297 g/mol. The molecule has 3 aromatic rings. The zero-order valence-electron chi connectivity index (χ0n) is 12.3. The van der Waals surface area contributed by atoms with Crippen LogP contribution in [0, 0.1) is 0 Å². The van der Waals surface area contributed by atoms with Crippen LogP contribution >= 0.6 is 11.8 Å². The van der Waals surface area contributed by atoms with E-state index >= 15 is 0 Å². The summed E-state index contributed by atoms with van der Waals surface area (Å²) >= 11 is 1.81. The Bertz CT molecular complexity index is 744. The number of hydrogen-bond acceptors (Lipinski definition) is 3. The first-order valence-electron chi connectivity index (χ1n) is 7.04. The van der Waals surface area contributed by atoms with Crippen molar-refractivity contribution >= 4 is 22.7 Å². The molecule has 0 aliphatic carbocycles. The molecular weight excluding hydrogens is 278 g/mol. The summed E-state index contributed by atoms with van der Waals surface area (Å²) in [7, 11) is 1.99. The van der Waals surface area contributed by atoms with E-state index in [9.17, 15) is 0 Å². The van der Waals surface area contributed by atoms with Gasteiger partial charge in [-0.05, 0) is 30.7 Å². The van der Waals surface area contributed by atoms with Crippen molar-refractivity contribution in [2.75, 3.05) is 0 Å². The summed E-state index contributed by atoms with van der Waals surface area (Å²) in [5.41, 5.74) is 9.36. The maximum absolute atomic E-state index is 5.87. The smallest absolute Gasteiger partial charge is 0.0805 e. The normalized spacial score (nSPS) is 12.7. The molecule has 2 N–H and O–H groups in total. The third-order valence-corrected chi connectivity index (χ3v) is 4.64. The van der Waals surface area contributed by atoms with Gasteiger partial charge < -0.3 is 5.73 Å². The number of nitrogens with zero attached hydrogens (tertiary/aromatic N) is 2. The van der Waals surface area contributed by atoms with E-state index in [4.69, 9.17) is 5.73 Å². The van der Waals surface area contributed by atoms with Crippen LogP contribution < -0.4 is 5.73 Å². The van der Waals surface area contributed by atoms with E-state index in [0.29, 0.717) is 0 Å². The summed E-state index contributed by atoms with van der Waals surface area (Å²) in [6.07, 6.45) is 0. The molecule has 0 aliphatic heterocycles. The molecule has 0 spiro atoms. The van der Waals surface area contributed by atoms with Gasteiger partial charge in [-0.25, -0.2) is 0 Å². The summed E-state index contributed by atoms with van der Waals surface area (Å²) < 4.78 is 1.95. The molecule has 1 heterocycles. The number of benzene rings is 2. The van der Waals surface area contributed by atoms with Crippen molar-refractivity contribution in [3.63, 3.8) is 0 Å². The van der Waals surface area contributed by atoms with Gasteiger partial charge in [-0.1, -0.05) is 30.3 Å². The van der Waals surface area contributed by atoms with E-state index in [1.807, 2.05) is 24.7 Å². The van der Waals surface area contributed by atoms with Gasteiger partial charge in [0.2, 0.25) is 0 Å². The van der Waals surface area contributed by atoms with Crippen molar-refractivity contribution in [3.8, 4) is 0 Å². The van der Waals surface area contributed by atoms with Crippen LogP contribution in [0.15, 0.2) is 53.4 Å². The third-order valence-electron chi connectivity index (χ3n) is 3.62. The van der Waals surface area contributed by atoms with Gasteiger partial charge in [0.05, 0.1) is 11.2 Å². The highest BCUT2D eigenvalue weighted by Crippen LogP contribution is 2.27. The lowest BCUT2D eigenvalue weighted by atomic mass is 10.1. The summed E-state index contributed by atoms with van der Waals surface area (Å²) in [6.45, 7) is 2.00. The van der Waals surface area contributed by atoms with Crippen LogP contribution in [0.4, 0.5) is 0 Å². The zero-order chi connectivity index (χ0) is 14.8. The van der Waals surface area contributed by atoms with Crippen LogP contribution in [-0.2, 0) is 12.8 Å². The predicted molar refractivity (Wildman–Crippen MR) is 89.3 cm³/mol. The second-order valence-electron chi connectivity index (χ2n) is 5.23. The monoisotopic (exact) mass is 297 g/mol. The minimum absolute atomic E-state index is 0.0868. The van der Waals surface area contributed by atoms with Gasteiger partial charge in [-0.2, -0.15) is 5.10 Å². The molecule has 0 bridgehead atoms. The zero-order valence-corrected chi connectivity index (χ0v) is 13.1. The van der Waals surface area contributed by atoms with Crippen molar-refractivity contribution < 1.29 is 0 Å². The van der Waals surface area contributed by atoms with Crippen LogP contribution in [-0.4, -0.2) is 9.78 Å². The fourth-order valence-electron chi connectivity index (χ4n) is 2.41. The SMILES string of the molecule is CC(N)c1ccc(SCc2nn(C)c3ccccc23)cc1. The molecule has 1 unspecified atom stereocenters. The molecule has 2 aromatic carbocycles. The fraction of sp³-hybridized carbons (Fsp3) is 0.235. The fourth-order valence-corrected chi connectivity index (χ4v) is 3.26. The van der Waals surface area contributed by atoms with E-state index in [0.717, 1.165) is 11.4 Å². The largest absolute Gasteiger partial charge is 0.324 e. The van der Waals surface area contributed by atoms with Crippen molar-refractivity contribution in [1.82, 2.24) is 9.78 Å². The topological polar surface area (TPSA) is 43.8 Å². The van der Waals surface area contributed by atoms with Crippen molar-refractivity contribution in [2.45, 2.75) is 23.6 Å². The Morgan fingerprint density at radius 2 is 1.86 bits per heavy atom. The number of thioether (sulfide) groups is 1. The molecule has 1 aromatic heterocycles. The molecule has 108 valence electrons. The van der Waals surface area contributed by atoms with Crippen LogP contribution in [0.1, 0.15) is 24.2 Å². The van der Waals surface area contributed by atoms with Gasteiger partial charge in [0, 0.05) is 29.1 Å². The molecule has 0 fully saturated rings. The maximum Gasteiger partial charge on any atom is 0.0805 e. The van der Waals surface area contributed by atoms with Crippen LogP contribution in [0.5, 0.6) is 0 Å². The van der Waals surface area contributed by atoms with E-state index in [2.05, 4.69) is 47.6 Å². The second-order valence-corrected chi connectivity index (χ2v) is 6.28. The van der Waals surface area contributed by atoms with Crippen molar-refractivity contribution in [3.05, 3.63) is 59.8 Å². The minimum atomic E-state index is 0.0868. The molecule has 3 rings (SSSR count). The second kappa shape index (κ2) is 5.92. The Morgan fingerprint density at radius 1 is 1.14 bits per heavy atom. The molecule has 0 saturated carbocycles. The van der Waals surface area contributed by atoms with Gasteiger partial charge in [0.1, 0.15) is 0 Å². The van der Waals surface area contributed by atoms with E-state index in [-0.39, 0.29) is 6.04 Å². The van der Waals surface area contributed by atoms with Crippen LogP contribution in [0.25, 0.3) is 10.9 Å². The van der Waals surface area contributed by atoms with Crippen LogP contribution in [0.2, 0.25) is 0 Å². The van der Waals surface area contributed by atoms with Gasteiger partial charge in [0.25, 0.3) is 0 Å². The standard InChI is InChI=1S/C17H19N3S/c1-12(18)13-7-9-14(10-8-13)21-11-16-15-5-3-4-6-17(15)20(2)19-16/h3-10,12H,11,18H2,1-2H3. The molecule has 1 atom stereocenters. The number of fused-ring (bicyclic) bond motifs is 1. The number of aromatic nitrogens is 2. The maximum atomic E-state index is 5.87. The number of nitrogens with two attached hydrogens (primary N) is 1. The molecule has 0 radical (unpaired) electrons. The lowest BCUT2D eigenvalue weighted by molar-refractivity contribution is 0.781. The first kappa shape index (κ1) is 14.2. The first-order valence-corrected chi connectivity index (χ1v) is 8.02. The highest BCUT2D eigenvalue weighted by Gasteiger charge is 2.08.